The van der Waals surface area contributed by atoms with E-state index in [1.165, 1.54) is 0 Å². The monoisotopic (exact) mass is 300 g/mol. The molecule has 2 aliphatic heterocycles. The van der Waals surface area contributed by atoms with Crippen LogP contribution in [0.3, 0.4) is 0 Å². The second-order valence-corrected chi connectivity index (χ2v) is 6.73. The van der Waals surface area contributed by atoms with E-state index in [0.717, 1.165) is 0 Å². The third-order valence-electron chi connectivity index (χ3n) is 3.78. The molecule has 0 aliphatic carbocycles. The molecule has 0 bridgehead atoms. The number of carbonyl (C=O) groups excluding carboxylic acids is 1. The zero-order chi connectivity index (χ0) is 15.7. The van der Waals surface area contributed by atoms with Gasteiger partial charge in [0.05, 0.1) is 25.2 Å². The van der Waals surface area contributed by atoms with E-state index in [1.807, 2.05) is 20.8 Å². The Hall–Kier alpha value is -1.34. The number of likely N-dealkylation sites (tertiary alicyclic amines) is 1. The smallest absolute Gasteiger partial charge is 0.410 e. The van der Waals surface area contributed by atoms with Gasteiger partial charge in [-0.15, -0.1) is 0 Å². The molecule has 2 rings (SSSR count). The van der Waals surface area contributed by atoms with Crippen molar-refractivity contribution < 1.29 is 24.2 Å². The lowest BCUT2D eigenvalue weighted by Crippen LogP contribution is -2.73. The van der Waals surface area contributed by atoms with Crippen LogP contribution in [0.4, 0.5) is 4.79 Å². The minimum Gasteiger partial charge on any atom is -0.481 e. The highest BCUT2D eigenvalue weighted by molar-refractivity contribution is 5.73. The van der Waals surface area contributed by atoms with Gasteiger partial charge in [-0.05, 0) is 20.8 Å². The summed E-state index contributed by atoms with van der Waals surface area (Å²) in [6, 6.07) is 0. The van der Waals surface area contributed by atoms with E-state index in [1.54, 1.807) is 4.90 Å². The van der Waals surface area contributed by atoms with E-state index in [9.17, 15) is 9.59 Å². The van der Waals surface area contributed by atoms with Gasteiger partial charge in [-0.25, -0.2) is 4.79 Å². The number of ether oxygens (including phenoxy) is 2. The fraction of sp³-hybridized carbons (Fsp3) is 0.857. The predicted molar refractivity (Wildman–Crippen MR) is 75.2 cm³/mol. The quantitative estimate of drug-likeness (QED) is 0.830. The Bertz CT molecular complexity index is 406. The van der Waals surface area contributed by atoms with Gasteiger partial charge >= 0.3 is 12.1 Å². The predicted octanol–water partition coefficient (Wildman–Crippen LogP) is 0.783. The summed E-state index contributed by atoms with van der Waals surface area (Å²) in [5.74, 6) is -0.842. The molecule has 2 aliphatic rings. The SMILES string of the molecule is CC(C)(C)OC(=O)N1CC(CC(=O)O)(N2CCOCC2)C1. The molecule has 0 aromatic heterocycles. The summed E-state index contributed by atoms with van der Waals surface area (Å²) in [6.45, 7) is 8.86. The third kappa shape index (κ3) is 3.85. The van der Waals surface area contributed by atoms with Gasteiger partial charge in [0.15, 0.2) is 0 Å². The normalized spacial score (nSPS) is 22.5. The molecule has 0 spiro atoms. The van der Waals surface area contributed by atoms with Gasteiger partial charge in [0.1, 0.15) is 5.60 Å². The first-order valence-electron chi connectivity index (χ1n) is 7.24. The molecule has 7 nitrogen and oxygen atoms in total. The maximum Gasteiger partial charge on any atom is 0.410 e. The van der Waals surface area contributed by atoms with Crippen LogP contribution in [0.25, 0.3) is 0 Å². The number of amides is 1. The Labute approximate surface area is 124 Å². The zero-order valence-corrected chi connectivity index (χ0v) is 12.9. The number of carboxylic acid groups (broad SMARTS) is 1. The molecule has 2 fully saturated rings. The maximum atomic E-state index is 12.0. The molecule has 0 radical (unpaired) electrons. The number of rotatable bonds is 3. The van der Waals surface area contributed by atoms with Crippen molar-refractivity contribution in [2.45, 2.75) is 38.3 Å². The fourth-order valence-electron chi connectivity index (χ4n) is 2.86. The number of carbonyl (C=O) groups is 2. The number of morpholine rings is 1. The summed E-state index contributed by atoms with van der Waals surface area (Å²) in [5, 5.41) is 9.16. The van der Waals surface area contributed by atoms with Gasteiger partial charge < -0.3 is 19.5 Å². The number of carboxylic acids is 1. The average molecular weight is 300 g/mol. The lowest BCUT2D eigenvalue weighted by molar-refractivity contribution is -0.149. The maximum absolute atomic E-state index is 12.0. The Morgan fingerprint density at radius 1 is 1.24 bits per heavy atom. The van der Waals surface area contributed by atoms with Crippen LogP contribution in [0, 0.1) is 0 Å². The van der Waals surface area contributed by atoms with Crippen molar-refractivity contribution in [1.29, 1.82) is 0 Å². The van der Waals surface area contributed by atoms with Crippen LogP contribution in [-0.2, 0) is 14.3 Å². The Kier molecular flexibility index (Phi) is 4.43. The summed E-state index contributed by atoms with van der Waals surface area (Å²) in [4.78, 5) is 26.9. The molecule has 1 amide bonds. The van der Waals surface area contributed by atoms with Gasteiger partial charge in [-0.3, -0.25) is 9.69 Å². The van der Waals surface area contributed by atoms with Gasteiger partial charge in [0, 0.05) is 26.2 Å². The van der Waals surface area contributed by atoms with Crippen LogP contribution >= 0.6 is 0 Å². The van der Waals surface area contributed by atoms with E-state index in [0.29, 0.717) is 39.4 Å². The van der Waals surface area contributed by atoms with Gasteiger partial charge in [0.25, 0.3) is 0 Å². The van der Waals surface area contributed by atoms with E-state index in [4.69, 9.17) is 14.6 Å². The molecule has 21 heavy (non-hydrogen) atoms. The van der Waals surface area contributed by atoms with Gasteiger partial charge in [0.2, 0.25) is 0 Å². The topological polar surface area (TPSA) is 79.3 Å². The molecule has 2 heterocycles. The minimum atomic E-state index is -0.842. The van der Waals surface area contributed by atoms with Gasteiger partial charge in [-0.2, -0.15) is 0 Å². The summed E-state index contributed by atoms with van der Waals surface area (Å²) in [6.07, 6.45) is -0.344. The van der Waals surface area contributed by atoms with E-state index in [-0.39, 0.29) is 12.5 Å². The molecule has 120 valence electrons. The number of hydrogen-bond acceptors (Lipinski definition) is 5. The largest absolute Gasteiger partial charge is 0.481 e. The second-order valence-electron chi connectivity index (χ2n) is 6.73. The van der Waals surface area contributed by atoms with Crippen LogP contribution in [-0.4, -0.2) is 77.5 Å². The highest BCUT2D eigenvalue weighted by Crippen LogP contribution is 2.33. The van der Waals surface area contributed by atoms with Crippen LogP contribution in [0.5, 0.6) is 0 Å². The first-order valence-corrected chi connectivity index (χ1v) is 7.24. The van der Waals surface area contributed by atoms with Crippen LogP contribution in [0.15, 0.2) is 0 Å². The van der Waals surface area contributed by atoms with E-state index in [2.05, 4.69) is 4.90 Å². The highest BCUT2D eigenvalue weighted by atomic mass is 16.6. The molecule has 0 aromatic rings. The fourth-order valence-corrected chi connectivity index (χ4v) is 2.86. The van der Waals surface area contributed by atoms with E-state index < -0.39 is 17.1 Å². The molecular weight excluding hydrogens is 276 g/mol. The van der Waals surface area contributed by atoms with Crippen LogP contribution in [0.2, 0.25) is 0 Å². The van der Waals surface area contributed by atoms with E-state index >= 15 is 0 Å². The van der Waals surface area contributed by atoms with Crippen molar-refractivity contribution in [3.8, 4) is 0 Å². The van der Waals surface area contributed by atoms with Crippen molar-refractivity contribution in [2.24, 2.45) is 0 Å². The number of nitrogens with zero attached hydrogens (tertiary/aromatic N) is 2. The molecule has 0 atom stereocenters. The first-order chi connectivity index (χ1) is 9.72. The van der Waals surface area contributed by atoms with Crippen molar-refractivity contribution >= 4 is 12.1 Å². The summed E-state index contributed by atoms with van der Waals surface area (Å²) in [7, 11) is 0. The number of hydrogen-bond donors (Lipinski definition) is 1. The summed E-state index contributed by atoms with van der Waals surface area (Å²) >= 11 is 0. The molecule has 0 saturated carbocycles. The van der Waals surface area contributed by atoms with Crippen LogP contribution < -0.4 is 0 Å². The van der Waals surface area contributed by atoms with Crippen LogP contribution in [0.1, 0.15) is 27.2 Å². The first kappa shape index (κ1) is 16.0. The Morgan fingerprint density at radius 3 is 2.29 bits per heavy atom. The minimum absolute atomic E-state index is 0.0340. The molecule has 0 unspecified atom stereocenters. The standard InChI is InChI=1S/C14H24N2O5/c1-13(2,3)21-12(19)15-9-14(10-15,8-11(17)18)16-4-6-20-7-5-16/h4-10H2,1-3H3,(H,17,18). The van der Waals surface area contributed by atoms with Crippen molar-refractivity contribution in [2.75, 3.05) is 39.4 Å². The van der Waals surface area contributed by atoms with Crippen molar-refractivity contribution in [3.63, 3.8) is 0 Å². The zero-order valence-electron chi connectivity index (χ0n) is 12.9. The molecule has 7 heteroatoms. The highest BCUT2D eigenvalue weighted by Gasteiger charge is 2.51. The lowest BCUT2D eigenvalue weighted by atomic mass is 9.84. The second kappa shape index (κ2) is 5.81. The van der Waals surface area contributed by atoms with Crippen molar-refractivity contribution in [1.82, 2.24) is 9.80 Å². The molecule has 1 N–H and O–H groups in total. The van der Waals surface area contributed by atoms with Gasteiger partial charge in [-0.1, -0.05) is 0 Å². The molecule has 2 saturated heterocycles. The molecule has 0 aromatic carbocycles. The third-order valence-corrected chi connectivity index (χ3v) is 3.78. The molecular formula is C14H24N2O5. The summed E-state index contributed by atoms with van der Waals surface area (Å²) in [5.41, 5.74) is -1.02. The van der Waals surface area contributed by atoms with Crippen molar-refractivity contribution in [3.05, 3.63) is 0 Å². The summed E-state index contributed by atoms with van der Waals surface area (Å²) < 4.78 is 10.6. The number of aliphatic carboxylic acids is 1. The average Bonchev–Trinajstić information content (AvgIpc) is 2.31. The Balaban J connectivity index is 1.99. The lowest BCUT2D eigenvalue weighted by Gasteiger charge is -2.55. The Morgan fingerprint density at radius 2 is 1.81 bits per heavy atom.